The van der Waals surface area contributed by atoms with Gasteiger partial charge in [0.25, 0.3) is 0 Å². The minimum atomic E-state index is -1.39. The Labute approximate surface area is 288 Å². The van der Waals surface area contributed by atoms with Crippen molar-refractivity contribution in [1.82, 2.24) is 25.8 Å². The molecular weight excluding hydrogens is 626 g/mol. The van der Waals surface area contributed by atoms with E-state index in [1.807, 2.05) is 67.6 Å². The van der Waals surface area contributed by atoms with E-state index in [1.165, 1.54) is 0 Å². The summed E-state index contributed by atoms with van der Waals surface area (Å²) in [6, 6.07) is 16.3. The summed E-state index contributed by atoms with van der Waals surface area (Å²) in [4.78, 5) is 69.3. The average Bonchev–Trinajstić information content (AvgIpc) is 3.37. The number of carbonyl (C=O) groups is 5. The number of carboxylic acids is 1. The highest BCUT2D eigenvalue weighted by Crippen LogP contribution is 2.28. The fourth-order valence-electron chi connectivity index (χ4n) is 6.60. The van der Waals surface area contributed by atoms with Crippen LogP contribution in [0.5, 0.6) is 0 Å². The Hall–Kier alpha value is -4.33. The van der Waals surface area contributed by atoms with E-state index in [2.05, 4.69) is 16.0 Å². The van der Waals surface area contributed by atoms with E-state index in [1.54, 1.807) is 9.80 Å². The monoisotopic (exact) mass is 677 g/mol. The molecule has 0 aromatic heterocycles. The third-order valence-corrected chi connectivity index (χ3v) is 9.52. The van der Waals surface area contributed by atoms with E-state index >= 15 is 0 Å². The van der Waals surface area contributed by atoms with Crippen molar-refractivity contribution in [1.29, 1.82) is 0 Å². The Morgan fingerprint density at radius 3 is 2.22 bits per heavy atom. The SMILES string of the molecule is CC1C[C@@H](NC(=O)C(Cc2ccccc2)NC(=O)CNCCc2ccccc2)C(=O)N1[C@H](CCCCN)C(=O)N1CCC(N)(C(=O)O)CC1. The molecule has 0 aliphatic carbocycles. The second-order valence-electron chi connectivity index (χ2n) is 13.2. The molecule has 0 radical (unpaired) electrons. The topological polar surface area (TPSA) is 200 Å². The Bertz CT molecular complexity index is 1420. The molecule has 2 saturated heterocycles. The first-order valence-corrected chi connectivity index (χ1v) is 17.2. The van der Waals surface area contributed by atoms with Crippen molar-refractivity contribution in [3.8, 4) is 0 Å². The number of amides is 4. The third-order valence-electron chi connectivity index (χ3n) is 9.52. The second kappa shape index (κ2) is 17.9. The molecule has 13 nitrogen and oxygen atoms in total. The van der Waals surface area contributed by atoms with Crippen LogP contribution in [-0.4, -0.2) is 107 Å². The molecule has 4 atom stereocenters. The highest BCUT2D eigenvalue weighted by Gasteiger charge is 2.46. The first-order chi connectivity index (χ1) is 23.5. The van der Waals surface area contributed by atoms with Crippen molar-refractivity contribution in [3.05, 3.63) is 71.8 Å². The van der Waals surface area contributed by atoms with Gasteiger partial charge in [-0.2, -0.15) is 0 Å². The van der Waals surface area contributed by atoms with Crippen LogP contribution in [0.25, 0.3) is 0 Å². The highest BCUT2D eigenvalue weighted by molar-refractivity contribution is 5.96. The molecule has 2 heterocycles. The number of hydrogen-bond donors (Lipinski definition) is 6. The minimum Gasteiger partial charge on any atom is -0.480 e. The Balaban J connectivity index is 1.41. The van der Waals surface area contributed by atoms with Crippen LogP contribution in [0.1, 0.15) is 56.6 Å². The number of unbranched alkanes of at least 4 members (excludes halogenated alkanes) is 1. The first kappa shape index (κ1) is 37.5. The number of nitrogens with two attached hydrogens (primary N) is 2. The lowest BCUT2D eigenvalue weighted by Gasteiger charge is -2.40. The van der Waals surface area contributed by atoms with Crippen LogP contribution in [0.4, 0.5) is 0 Å². The maximum absolute atomic E-state index is 13.9. The normalized spacial score (nSPS) is 20.0. The maximum Gasteiger partial charge on any atom is 0.323 e. The van der Waals surface area contributed by atoms with Crippen LogP contribution < -0.4 is 27.4 Å². The van der Waals surface area contributed by atoms with Gasteiger partial charge in [-0.1, -0.05) is 60.7 Å². The summed E-state index contributed by atoms with van der Waals surface area (Å²) in [5.74, 6) is -2.54. The largest absolute Gasteiger partial charge is 0.480 e. The predicted molar refractivity (Wildman–Crippen MR) is 185 cm³/mol. The van der Waals surface area contributed by atoms with Gasteiger partial charge in [-0.25, -0.2) is 0 Å². The molecule has 0 bridgehead atoms. The van der Waals surface area contributed by atoms with Gasteiger partial charge in [-0.05, 0) is 76.1 Å². The molecule has 2 aromatic carbocycles. The number of carboxylic acid groups (broad SMARTS) is 1. The number of hydrogen-bond acceptors (Lipinski definition) is 8. The summed E-state index contributed by atoms with van der Waals surface area (Å²) in [5, 5.41) is 18.4. The average molecular weight is 678 g/mol. The quantitative estimate of drug-likeness (QED) is 0.129. The fraction of sp³-hybridized carbons (Fsp3) is 0.528. The second-order valence-corrected chi connectivity index (χ2v) is 13.2. The first-order valence-electron chi connectivity index (χ1n) is 17.2. The molecule has 49 heavy (non-hydrogen) atoms. The van der Waals surface area contributed by atoms with Crippen LogP contribution in [0.2, 0.25) is 0 Å². The Morgan fingerprint density at radius 2 is 1.61 bits per heavy atom. The molecule has 4 rings (SSSR count). The summed E-state index contributed by atoms with van der Waals surface area (Å²) >= 11 is 0. The van der Waals surface area contributed by atoms with Crippen molar-refractivity contribution in [2.75, 3.05) is 32.7 Å². The number of piperidine rings is 1. The molecule has 0 saturated carbocycles. The molecule has 4 amide bonds. The van der Waals surface area contributed by atoms with E-state index < -0.39 is 35.5 Å². The predicted octanol–water partition coefficient (Wildman–Crippen LogP) is 0.554. The molecule has 2 unspecified atom stereocenters. The fourth-order valence-corrected chi connectivity index (χ4v) is 6.60. The van der Waals surface area contributed by atoms with Crippen LogP contribution in [0.15, 0.2) is 60.7 Å². The van der Waals surface area contributed by atoms with E-state index in [9.17, 15) is 29.1 Å². The summed E-state index contributed by atoms with van der Waals surface area (Å²) < 4.78 is 0. The van der Waals surface area contributed by atoms with Gasteiger partial charge < -0.3 is 42.3 Å². The summed E-state index contributed by atoms with van der Waals surface area (Å²) in [6.07, 6.45) is 3.19. The van der Waals surface area contributed by atoms with Gasteiger partial charge in [-0.15, -0.1) is 0 Å². The molecule has 266 valence electrons. The molecule has 8 N–H and O–H groups in total. The van der Waals surface area contributed by atoms with Crippen LogP contribution in [0, 0.1) is 0 Å². The van der Waals surface area contributed by atoms with Crippen molar-refractivity contribution in [2.45, 2.75) is 88.0 Å². The van der Waals surface area contributed by atoms with Gasteiger partial charge >= 0.3 is 5.97 Å². The van der Waals surface area contributed by atoms with E-state index in [-0.39, 0.29) is 62.7 Å². The molecule has 2 fully saturated rings. The zero-order chi connectivity index (χ0) is 35.4. The lowest BCUT2D eigenvalue weighted by Crippen LogP contribution is -2.60. The lowest BCUT2D eigenvalue weighted by molar-refractivity contribution is -0.151. The molecule has 2 aliphatic heterocycles. The summed E-state index contributed by atoms with van der Waals surface area (Å²) in [7, 11) is 0. The van der Waals surface area contributed by atoms with Gasteiger partial charge in [0.2, 0.25) is 23.6 Å². The number of nitrogens with one attached hydrogen (secondary N) is 3. The zero-order valence-corrected chi connectivity index (χ0v) is 28.3. The molecule has 2 aromatic rings. The lowest BCUT2D eigenvalue weighted by atomic mass is 9.88. The van der Waals surface area contributed by atoms with E-state index in [0.717, 1.165) is 17.5 Å². The zero-order valence-electron chi connectivity index (χ0n) is 28.3. The van der Waals surface area contributed by atoms with Gasteiger partial charge in [0.15, 0.2) is 0 Å². The van der Waals surface area contributed by atoms with Gasteiger partial charge in [-0.3, -0.25) is 24.0 Å². The van der Waals surface area contributed by atoms with E-state index in [0.29, 0.717) is 38.8 Å². The van der Waals surface area contributed by atoms with Crippen molar-refractivity contribution in [3.63, 3.8) is 0 Å². The van der Waals surface area contributed by atoms with Gasteiger partial charge in [0.1, 0.15) is 23.7 Å². The van der Waals surface area contributed by atoms with Crippen LogP contribution >= 0.6 is 0 Å². The summed E-state index contributed by atoms with van der Waals surface area (Å²) in [6.45, 7) is 3.26. The number of rotatable bonds is 17. The number of aliphatic carboxylic acids is 1. The maximum atomic E-state index is 13.9. The number of benzene rings is 2. The van der Waals surface area contributed by atoms with Crippen LogP contribution in [-0.2, 0) is 36.8 Å². The molecular formula is C36H51N7O6. The van der Waals surface area contributed by atoms with Gasteiger partial charge in [0, 0.05) is 25.6 Å². The number of nitrogens with zero attached hydrogens (tertiary/aromatic N) is 2. The highest BCUT2D eigenvalue weighted by atomic mass is 16.4. The van der Waals surface area contributed by atoms with E-state index in [4.69, 9.17) is 11.5 Å². The van der Waals surface area contributed by atoms with Crippen molar-refractivity contribution >= 4 is 29.6 Å². The molecule has 13 heteroatoms. The Morgan fingerprint density at radius 1 is 0.980 bits per heavy atom. The molecule has 0 spiro atoms. The molecule has 2 aliphatic rings. The number of carbonyl (C=O) groups excluding carboxylic acids is 4. The standard InChI is InChI=1S/C36H51N7O6/c1-25-22-29(33(46)43(25)30(14-8-9-18-37)34(47)42-20-16-36(38,17-21-42)35(48)49)41-32(45)28(23-27-12-6-3-7-13-27)40-31(44)24-39-19-15-26-10-4-2-5-11-26/h2-7,10-13,25,28-30,39H,8-9,14-24,37-38H2,1H3,(H,40,44)(H,41,45)(H,48,49)/t25?,28?,29-,30-/m1/s1. The van der Waals surface area contributed by atoms with Crippen LogP contribution in [0.3, 0.4) is 0 Å². The smallest absolute Gasteiger partial charge is 0.323 e. The Kier molecular flexibility index (Phi) is 13.7. The van der Waals surface area contributed by atoms with Crippen molar-refractivity contribution < 1.29 is 29.1 Å². The minimum absolute atomic E-state index is 0.0272. The van der Waals surface area contributed by atoms with Gasteiger partial charge in [0.05, 0.1) is 6.54 Å². The van der Waals surface area contributed by atoms with Crippen molar-refractivity contribution in [2.24, 2.45) is 11.5 Å². The summed E-state index contributed by atoms with van der Waals surface area (Å²) in [5.41, 5.74) is 12.4. The number of likely N-dealkylation sites (tertiary alicyclic amines) is 2. The third kappa shape index (κ3) is 10.3.